The molecule has 8 nitrogen and oxygen atoms in total. The Balaban J connectivity index is 1.31. The van der Waals surface area contributed by atoms with E-state index in [4.69, 9.17) is 32.7 Å². The van der Waals surface area contributed by atoms with Crippen molar-refractivity contribution in [3.8, 4) is 11.5 Å². The second kappa shape index (κ2) is 11.4. The third-order valence-corrected chi connectivity index (χ3v) is 7.63. The van der Waals surface area contributed by atoms with Crippen LogP contribution in [0, 0.1) is 5.82 Å². The molecule has 3 aromatic carbocycles. The van der Waals surface area contributed by atoms with Crippen LogP contribution in [0.5, 0.6) is 11.5 Å². The van der Waals surface area contributed by atoms with E-state index >= 15 is 0 Å². The summed E-state index contributed by atoms with van der Waals surface area (Å²) in [4.78, 5) is 41.9. The molecule has 0 bridgehead atoms. The topological polar surface area (TPSA) is 88.2 Å². The van der Waals surface area contributed by atoms with Gasteiger partial charge in [0.05, 0.1) is 27.8 Å². The number of amides is 3. The second-order valence-electron chi connectivity index (χ2n) is 9.77. The first-order valence-corrected chi connectivity index (χ1v) is 13.4. The summed E-state index contributed by atoms with van der Waals surface area (Å²) in [5.41, 5.74) is 1.96. The fourth-order valence-corrected chi connectivity index (χ4v) is 5.38. The predicted molar refractivity (Wildman–Crippen MR) is 148 cm³/mol. The summed E-state index contributed by atoms with van der Waals surface area (Å²) in [6.45, 7) is 1.81. The standard InChI is InChI=1S/C29H26Cl2FN3O5/c1-16-12-22(28(37)35(16)29(38)39-15-17-6-4-3-5-7-17)33-23-13-18-8-10-21(31)26(25(18)34(2)27(23)36)40-24-14-19(32)9-11-20(24)30/h3-11,14,16,22-23,33H,12-13,15H2,1-2H3/t16?,22?,23-/m1/s1. The van der Waals surface area contributed by atoms with Crippen LogP contribution in [0.4, 0.5) is 14.9 Å². The van der Waals surface area contributed by atoms with E-state index in [2.05, 4.69) is 5.32 Å². The Morgan fingerprint density at radius 3 is 2.50 bits per heavy atom. The Kier molecular flexibility index (Phi) is 7.98. The summed E-state index contributed by atoms with van der Waals surface area (Å²) in [5.74, 6) is -1.09. The molecular weight excluding hydrogens is 560 g/mol. The van der Waals surface area contributed by atoms with Gasteiger partial charge in [0.15, 0.2) is 5.75 Å². The third kappa shape index (κ3) is 5.50. The highest BCUT2D eigenvalue weighted by Crippen LogP contribution is 2.45. The fourth-order valence-electron chi connectivity index (χ4n) is 5.04. The SMILES string of the molecule is CC1CC(N[C@@H]2Cc3ccc(Cl)c(Oc4cc(F)ccc4Cl)c3N(C)C2=O)C(=O)N1C(=O)OCc1ccccc1. The summed E-state index contributed by atoms with van der Waals surface area (Å²) in [6, 6.07) is 14.4. The Labute approximate surface area is 240 Å². The van der Waals surface area contributed by atoms with E-state index < -0.39 is 35.9 Å². The molecule has 1 N–H and O–H groups in total. The first-order valence-electron chi connectivity index (χ1n) is 12.7. The number of anilines is 1. The third-order valence-electron chi connectivity index (χ3n) is 7.02. The lowest BCUT2D eigenvalue weighted by atomic mass is 9.96. The lowest BCUT2D eigenvalue weighted by Gasteiger charge is -2.34. The molecular formula is C29H26Cl2FN3O5. The number of hydrogen-bond donors (Lipinski definition) is 1. The maximum Gasteiger partial charge on any atom is 0.417 e. The van der Waals surface area contributed by atoms with Crippen LogP contribution in [0.1, 0.15) is 24.5 Å². The zero-order valence-electron chi connectivity index (χ0n) is 21.7. The Hall–Kier alpha value is -3.66. The van der Waals surface area contributed by atoms with Crippen LogP contribution in [0.15, 0.2) is 60.7 Å². The molecule has 2 aliphatic rings. The summed E-state index contributed by atoms with van der Waals surface area (Å²) in [6.07, 6.45) is -0.165. The van der Waals surface area contributed by atoms with Gasteiger partial charge < -0.3 is 14.4 Å². The van der Waals surface area contributed by atoms with E-state index in [0.717, 1.165) is 22.1 Å². The van der Waals surface area contributed by atoms with E-state index in [-0.39, 0.29) is 40.5 Å². The molecule has 3 atom stereocenters. The van der Waals surface area contributed by atoms with Crippen LogP contribution in [0.2, 0.25) is 10.0 Å². The fraction of sp³-hybridized carbons (Fsp3) is 0.276. The number of carbonyl (C=O) groups excluding carboxylic acids is 3. The van der Waals surface area contributed by atoms with Gasteiger partial charge in [-0.3, -0.25) is 14.9 Å². The number of ether oxygens (including phenoxy) is 2. The van der Waals surface area contributed by atoms with Gasteiger partial charge in [0.25, 0.3) is 0 Å². The number of nitrogens with zero attached hydrogens (tertiary/aromatic N) is 2. The van der Waals surface area contributed by atoms with E-state index in [1.54, 1.807) is 26.1 Å². The number of benzene rings is 3. The van der Waals surface area contributed by atoms with Crippen LogP contribution in [-0.4, -0.2) is 48.0 Å². The highest BCUT2D eigenvalue weighted by atomic mass is 35.5. The minimum atomic E-state index is -0.753. The molecule has 3 aromatic rings. The van der Waals surface area contributed by atoms with Crippen LogP contribution in [-0.2, 0) is 27.4 Å². The lowest BCUT2D eigenvalue weighted by Crippen LogP contribution is -2.54. The van der Waals surface area contributed by atoms with Gasteiger partial charge >= 0.3 is 6.09 Å². The first kappa shape index (κ1) is 27.9. The van der Waals surface area contributed by atoms with Gasteiger partial charge in [0.2, 0.25) is 11.8 Å². The van der Waals surface area contributed by atoms with Crippen LogP contribution in [0.3, 0.4) is 0 Å². The zero-order chi connectivity index (χ0) is 28.6. The largest absolute Gasteiger partial charge is 0.452 e. The van der Waals surface area contributed by atoms with Gasteiger partial charge in [0.1, 0.15) is 18.2 Å². The number of rotatable bonds is 6. The van der Waals surface area contributed by atoms with Crippen molar-refractivity contribution in [2.24, 2.45) is 0 Å². The van der Waals surface area contributed by atoms with Gasteiger partial charge in [-0.2, -0.15) is 0 Å². The molecule has 11 heteroatoms. The molecule has 2 heterocycles. The number of imide groups is 1. The molecule has 0 aromatic heterocycles. The highest BCUT2D eigenvalue weighted by Gasteiger charge is 2.44. The molecule has 2 aliphatic heterocycles. The number of nitrogens with one attached hydrogen (secondary N) is 1. The summed E-state index contributed by atoms with van der Waals surface area (Å²) >= 11 is 12.6. The van der Waals surface area contributed by atoms with Gasteiger partial charge in [-0.25, -0.2) is 14.1 Å². The number of carbonyl (C=O) groups is 3. The van der Waals surface area contributed by atoms with Crippen molar-refractivity contribution >= 4 is 46.8 Å². The first-order chi connectivity index (χ1) is 19.1. The van der Waals surface area contributed by atoms with Crippen molar-refractivity contribution in [2.75, 3.05) is 11.9 Å². The number of halogens is 3. The van der Waals surface area contributed by atoms with Crippen molar-refractivity contribution in [1.82, 2.24) is 10.2 Å². The number of likely N-dealkylation sites (tertiary alicyclic amines) is 1. The van der Waals surface area contributed by atoms with Crippen molar-refractivity contribution in [3.05, 3.63) is 87.7 Å². The van der Waals surface area contributed by atoms with E-state index in [1.807, 2.05) is 30.3 Å². The molecule has 1 saturated heterocycles. The number of likely N-dealkylation sites (N-methyl/N-ethyl adjacent to an activating group) is 1. The number of hydrogen-bond acceptors (Lipinski definition) is 6. The van der Waals surface area contributed by atoms with Gasteiger partial charge in [0, 0.05) is 19.2 Å². The average molecular weight is 586 g/mol. The smallest absolute Gasteiger partial charge is 0.417 e. The van der Waals surface area contributed by atoms with Crippen molar-refractivity contribution < 1.29 is 28.2 Å². The monoisotopic (exact) mass is 585 g/mol. The summed E-state index contributed by atoms with van der Waals surface area (Å²) in [5, 5.41) is 3.54. The zero-order valence-corrected chi connectivity index (χ0v) is 23.2. The number of fused-ring (bicyclic) bond motifs is 1. The van der Waals surface area contributed by atoms with Gasteiger partial charge in [-0.05, 0) is 49.1 Å². The molecule has 40 heavy (non-hydrogen) atoms. The molecule has 0 radical (unpaired) electrons. The highest BCUT2D eigenvalue weighted by molar-refractivity contribution is 6.33. The molecule has 0 aliphatic carbocycles. The van der Waals surface area contributed by atoms with Crippen molar-refractivity contribution in [3.63, 3.8) is 0 Å². The predicted octanol–water partition coefficient (Wildman–Crippen LogP) is 5.73. The van der Waals surface area contributed by atoms with Crippen LogP contribution < -0.4 is 15.0 Å². The minimum absolute atomic E-state index is 0.0464. The summed E-state index contributed by atoms with van der Waals surface area (Å²) in [7, 11) is 1.57. The molecule has 2 unspecified atom stereocenters. The maximum atomic E-state index is 13.8. The minimum Gasteiger partial charge on any atom is -0.452 e. The second-order valence-corrected chi connectivity index (χ2v) is 10.6. The lowest BCUT2D eigenvalue weighted by molar-refractivity contribution is -0.129. The Morgan fingerprint density at radius 2 is 1.75 bits per heavy atom. The molecule has 5 rings (SSSR count). The van der Waals surface area contributed by atoms with Crippen molar-refractivity contribution in [1.29, 1.82) is 0 Å². The van der Waals surface area contributed by atoms with E-state index in [9.17, 15) is 18.8 Å². The van der Waals surface area contributed by atoms with Crippen LogP contribution in [0.25, 0.3) is 0 Å². The van der Waals surface area contributed by atoms with Gasteiger partial charge in [-0.1, -0.05) is 59.6 Å². The molecule has 208 valence electrons. The van der Waals surface area contributed by atoms with Crippen LogP contribution >= 0.6 is 23.2 Å². The maximum absolute atomic E-state index is 13.8. The molecule has 0 saturated carbocycles. The van der Waals surface area contributed by atoms with E-state index in [1.165, 1.54) is 17.0 Å². The average Bonchev–Trinajstić information content (AvgIpc) is 3.22. The Morgan fingerprint density at radius 1 is 1.02 bits per heavy atom. The molecule has 0 spiro atoms. The normalized spacial score (nSPS) is 20.5. The molecule has 1 fully saturated rings. The molecule has 3 amide bonds. The van der Waals surface area contributed by atoms with Crippen molar-refractivity contribution in [2.45, 2.75) is 44.5 Å². The van der Waals surface area contributed by atoms with E-state index in [0.29, 0.717) is 12.1 Å². The Bertz CT molecular complexity index is 1470. The van der Waals surface area contributed by atoms with Gasteiger partial charge in [-0.15, -0.1) is 0 Å². The quantitative estimate of drug-likeness (QED) is 0.397. The summed E-state index contributed by atoms with van der Waals surface area (Å²) < 4.78 is 25.1.